The lowest BCUT2D eigenvalue weighted by Crippen LogP contribution is -1.99. The van der Waals surface area contributed by atoms with Crippen LogP contribution in [0.1, 0.15) is 10.6 Å². The Morgan fingerprint density at radius 2 is 2.09 bits per heavy atom. The summed E-state index contributed by atoms with van der Waals surface area (Å²) in [5.41, 5.74) is 8.50. The number of hydrogen-bond donors (Lipinski definition) is 1. The van der Waals surface area contributed by atoms with Gasteiger partial charge >= 0.3 is 0 Å². The molecule has 0 saturated heterocycles. The van der Waals surface area contributed by atoms with Crippen LogP contribution in [-0.2, 0) is 4.74 Å². The fourth-order valence-corrected chi connectivity index (χ4v) is 3.42. The molecule has 6 heteroatoms. The predicted molar refractivity (Wildman–Crippen MR) is 99.6 cm³/mol. The van der Waals surface area contributed by atoms with Crippen LogP contribution in [-0.4, -0.2) is 18.9 Å². The molecule has 0 atom stereocenters. The first-order valence-corrected chi connectivity index (χ1v) is 8.52. The summed E-state index contributed by atoms with van der Waals surface area (Å²) < 4.78 is 12.4. The van der Waals surface area contributed by atoms with E-state index in [1.54, 1.807) is 18.4 Å². The number of hydrogen-bond acceptors (Lipinski definition) is 5. The molecule has 1 heterocycles. The quantitative estimate of drug-likeness (QED) is 0.502. The molecule has 0 spiro atoms. The summed E-state index contributed by atoms with van der Waals surface area (Å²) >= 11 is 5.14. The maximum absolute atomic E-state index is 5.78. The molecule has 0 fully saturated rings. The van der Waals surface area contributed by atoms with Crippen LogP contribution in [0.2, 0.25) is 0 Å². The molecule has 0 aliphatic carbocycles. The SMILES string of the molecule is COCOc1ccc(/C=C/c2nc3cc(N)ccc3s2)cc1Br. The van der Waals surface area contributed by atoms with E-state index in [1.165, 1.54) is 0 Å². The lowest BCUT2D eigenvalue weighted by atomic mass is 10.2. The van der Waals surface area contributed by atoms with Crippen LogP contribution in [0, 0.1) is 0 Å². The summed E-state index contributed by atoms with van der Waals surface area (Å²) in [7, 11) is 1.59. The monoisotopic (exact) mass is 390 g/mol. The number of thiazole rings is 1. The summed E-state index contributed by atoms with van der Waals surface area (Å²) in [6.45, 7) is 0.225. The Morgan fingerprint density at radius 1 is 1.22 bits per heavy atom. The molecule has 0 saturated carbocycles. The van der Waals surface area contributed by atoms with Crippen molar-refractivity contribution in [1.82, 2.24) is 4.98 Å². The Balaban J connectivity index is 1.79. The van der Waals surface area contributed by atoms with Crippen LogP contribution < -0.4 is 10.5 Å². The molecule has 0 radical (unpaired) electrons. The number of ether oxygens (including phenoxy) is 2. The summed E-state index contributed by atoms with van der Waals surface area (Å²) in [4.78, 5) is 4.57. The average molecular weight is 391 g/mol. The van der Waals surface area contributed by atoms with Gasteiger partial charge in [0, 0.05) is 12.8 Å². The smallest absolute Gasteiger partial charge is 0.188 e. The number of aromatic nitrogens is 1. The minimum atomic E-state index is 0.225. The molecule has 3 rings (SSSR count). The molecule has 0 aliphatic heterocycles. The molecule has 23 heavy (non-hydrogen) atoms. The van der Waals surface area contributed by atoms with Gasteiger partial charge in [-0.15, -0.1) is 11.3 Å². The van der Waals surface area contributed by atoms with Crippen molar-refractivity contribution in [2.75, 3.05) is 19.6 Å². The molecule has 2 aromatic carbocycles. The summed E-state index contributed by atoms with van der Waals surface area (Å²) in [5, 5.41) is 0.946. The van der Waals surface area contributed by atoms with E-state index < -0.39 is 0 Å². The standard InChI is InChI=1S/C17H15BrN2O2S/c1-21-10-22-15-5-2-11(8-13(15)18)3-7-17-20-14-9-12(19)4-6-16(14)23-17/h2-9H,10,19H2,1H3/b7-3+. The maximum Gasteiger partial charge on any atom is 0.188 e. The molecule has 0 bridgehead atoms. The second-order valence-electron chi connectivity index (χ2n) is 4.85. The van der Waals surface area contributed by atoms with Crippen LogP contribution in [0.3, 0.4) is 0 Å². The van der Waals surface area contributed by atoms with Gasteiger partial charge in [0.25, 0.3) is 0 Å². The number of anilines is 1. The number of fused-ring (bicyclic) bond motifs is 1. The van der Waals surface area contributed by atoms with Gasteiger partial charge in [0.2, 0.25) is 0 Å². The van der Waals surface area contributed by atoms with Gasteiger partial charge in [0.05, 0.1) is 14.7 Å². The fourth-order valence-electron chi connectivity index (χ4n) is 2.06. The largest absolute Gasteiger partial charge is 0.466 e. The Bertz CT molecular complexity index is 861. The van der Waals surface area contributed by atoms with E-state index in [0.29, 0.717) is 0 Å². The molecule has 0 aliphatic rings. The van der Waals surface area contributed by atoms with Crippen LogP contribution in [0.4, 0.5) is 5.69 Å². The van der Waals surface area contributed by atoms with E-state index in [4.69, 9.17) is 15.2 Å². The highest BCUT2D eigenvalue weighted by Gasteiger charge is 2.03. The topological polar surface area (TPSA) is 57.4 Å². The van der Waals surface area contributed by atoms with Crippen molar-refractivity contribution in [3.8, 4) is 5.75 Å². The molecule has 4 nitrogen and oxygen atoms in total. The first-order valence-electron chi connectivity index (χ1n) is 6.91. The number of nitrogen functional groups attached to an aromatic ring is 1. The Labute approximate surface area is 146 Å². The van der Waals surface area contributed by atoms with Gasteiger partial charge < -0.3 is 15.2 Å². The minimum absolute atomic E-state index is 0.225. The lowest BCUT2D eigenvalue weighted by Gasteiger charge is -2.07. The normalized spacial score (nSPS) is 11.4. The van der Waals surface area contributed by atoms with Gasteiger partial charge in [0.1, 0.15) is 10.8 Å². The van der Waals surface area contributed by atoms with Crippen molar-refractivity contribution in [2.24, 2.45) is 0 Å². The van der Waals surface area contributed by atoms with Gasteiger partial charge in [-0.25, -0.2) is 4.98 Å². The van der Waals surface area contributed by atoms with Crippen LogP contribution in [0.5, 0.6) is 5.75 Å². The van der Waals surface area contributed by atoms with Crippen molar-refractivity contribution in [1.29, 1.82) is 0 Å². The number of methoxy groups -OCH3 is 1. The minimum Gasteiger partial charge on any atom is -0.466 e. The van der Waals surface area contributed by atoms with E-state index in [2.05, 4.69) is 20.9 Å². The van der Waals surface area contributed by atoms with Crippen molar-refractivity contribution in [2.45, 2.75) is 0 Å². The van der Waals surface area contributed by atoms with Gasteiger partial charge in [-0.2, -0.15) is 0 Å². The average Bonchev–Trinajstić information content (AvgIpc) is 2.94. The Hall–Kier alpha value is -1.89. The second-order valence-corrected chi connectivity index (χ2v) is 6.77. The molecule has 0 amide bonds. The van der Waals surface area contributed by atoms with Gasteiger partial charge in [-0.05, 0) is 57.9 Å². The van der Waals surface area contributed by atoms with E-state index in [1.807, 2.05) is 48.6 Å². The van der Waals surface area contributed by atoms with Gasteiger partial charge in [0.15, 0.2) is 6.79 Å². The Kier molecular flexibility index (Phi) is 4.95. The van der Waals surface area contributed by atoms with E-state index in [-0.39, 0.29) is 6.79 Å². The maximum atomic E-state index is 5.78. The summed E-state index contributed by atoms with van der Waals surface area (Å²) in [5.74, 6) is 0.750. The van der Waals surface area contributed by atoms with Gasteiger partial charge in [-0.3, -0.25) is 0 Å². The van der Waals surface area contributed by atoms with E-state index >= 15 is 0 Å². The van der Waals surface area contributed by atoms with Crippen LogP contribution in [0.25, 0.3) is 22.4 Å². The van der Waals surface area contributed by atoms with E-state index in [0.717, 1.165) is 36.7 Å². The first-order chi connectivity index (χ1) is 11.2. The van der Waals surface area contributed by atoms with Crippen LogP contribution >= 0.6 is 27.3 Å². The van der Waals surface area contributed by atoms with Crippen LogP contribution in [0.15, 0.2) is 40.9 Å². The third-order valence-corrected chi connectivity index (χ3v) is 4.76. The molecule has 3 aromatic rings. The lowest BCUT2D eigenvalue weighted by molar-refractivity contribution is 0.0506. The van der Waals surface area contributed by atoms with Crippen molar-refractivity contribution < 1.29 is 9.47 Å². The van der Waals surface area contributed by atoms with Crippen molar-refractivity contribution >= 4 is 55.3 Å². The van der Waals surface area contributed by atoms with Crippen molar-refractivity contribution in [3.63, 3.8) is 0 Å². The van der Waals surface area contributed by atoms with Gasteiger partial charge in [-0.1, -0.05) is 12.1 Å². The molecule has 0 unspecified atom stereocenters. The van der Waals surface area contributed by atoms with E-state index in [9.17, 15) is 0 Å². The zero-order valence-corrected chi connectivity index (χ0v) is 14.9. The molecular formula is C17H15BrN2O2S. The zero-order valence-electron chi connectivity index (χ0n) is 12.5. The fraction of sp³-hybridized carbons (Fsp3) is 0.118. The second kappa shape index (κ2) is 7.12. The Morgan fingerprint density at radius 3 is 2.87 bits per heavy atom. The third kappa shape index (κ3) is 3.90. The number of rotatable bonds is 5. The number of nitrogens with two attached hydrogens (primary N) is 1. The summed E-state index contributed by atoms with van der Waals surface area (Å²) in [6.07, 6.45) is 4.02. The molecule has 118 valence electrons. The molecule has 1 aromatic heterocycles. The number of nitrogens with zero attached hydrogens (tertiary/aromatic N) is 1. The molecule has 2 N–H and O–H groups in total. The summed E-state index contributed by atoms with van der Waals surface area (Å²) in [6, 6.07) is 11.7. The number of halogens is 1. The predicted octanol–water partition coefficient (Wildman–Crippen LogP) is 4.79. The third-order valence-electron chi connectivity index (χ3n) is 3.13. The van der Waals surface area contributed by atoms with Crippen molar-refractivity contribution in [3.05, 3.63) is 51.4 Å². The highest BCUT2D eigenvalue weighted by molar-refractivity contribution is 9.10. The first kappa shape index (κ1) is 16.0. The zero-order chi connectivity index (χ0) is 16.2. The highest BCUT2D eigenvalue weighted by atomic mass is 79.9. The molecular weight excluding hydrogens is 376 g/mol. The highest BCUT2D eigenvalue weighted by Crippen LogP contribution is 2.28. The number of benzene rings is 2.